The molecule has 0 aliphatic rings. The fourth-order valence-electron chi connectivity index (χ4n) is 0.340. The van der Waals surface area contributed by atoms with Gasteiger partial charge >= 0.3 is 0 Å². The summed E-state index contributed by atoms with van der Waals surface area (Å²) in [5.41, 5.74) is 4.80. The van der Waals surface area contributed by atoms with Crippen LogP contribution in [-0.4, -0.2) is 18.4 Å². The molecule has 0 fully saturated rings. The zero-order valence-electron chi connectivity index (χ0n) is 4.83. The fraction of sp³-hybridized carbons (Fsp3) is 0.200. The monoisotopic (exact) mass is 128 g/mol. The quantitative estimate of drug-likeness (QED) is 0.367. The van der Waals surface area contributed by atoms with E-state index < -0.39 is 11.9 Å². The van der Waals surface area contributed by atoms with Gasteiger partial charge in [-0.3, -0.25) is 9.59 Å². The molecule has 0 aliphatic carbocycles. The molecule has 3 N–H and O–H groups in total. The number of carbonyl (C=O) groups is 2. The molecule has 0 aromatic heterocycles. The molecule has 4 heteroatoms. The SMILES string of the molecule is C=CC(NC=O)C(N)=O. The van der Waals surface area contributed by atoms with Crippen LogP contribution in [0.2, 0.25) is 0 Å². The van der Waals surface area contributed by atoms with Crippen LogP contribution in [0.4, 0.5) is 0 Å². The van der Waals surface area contributed by atoms with Gasteiger partial charge in [-0.05, 0) is 0 Å². The standard InChI is InChI=1S/C5H8N2O2/c1-2-4(5(6)9)7-3-8/h2-4H,1H2,(H2,6,9)(H,7,8). The van der Waals surface area contributed by atoms with Crippen LogP contribution in [0.3, 0.4) is 0 Å². The predicted octanol–water partition coefficient (Wildman–Crippen LogP) is -1.23. The predicted molar refractivity (Wildman–Crippen MR) is 32.4 cm³/mol. The molecule has 0 saturated carbocycles. The molecule has 4 nitrogen and oxygen atoms in total. The zero-order chi connectivity index (χ0) is 7.28. The van der Waals surface area contributed by atoms with Crippen LogP contribution in [-0.2, 0) is 9.59 Å². The highest BCUT2D eigenvalue weighted by Crippen LogP contribution is 1.78. The molecule has 0 saturated heterocycles. The summed E-state index contributed by atoms with van der Waals surface area (Å²) in [7, 11) is 0. The third kappa shape index (κ3) is 2.48. The minimum absolute atomic E-state index is 0.400. The molecule has 50 valence electrons. The Morgan fingerprint density at radius 3 is 2.44 bits per heavy atom. The first kappa shape index (κ1) is 7.68. The molecular formula is C5H8N2O2. The van der Waals surface area contributed by atoms with Crippen molar-refractivity contribution in [2.24, 2.45) is 5.73 Å². The van der Waals surface area contributed by atoms with E-state index in [0.29, 0.717) is 6.41 Å². The van der Waals surface area contributed by atoms with Crippen LogP contribution in [0.25, 0.3) is 0 Å². The Bertz CT molecular complexity index is 133. The van der Waals surface area contributed by atoms with Crippen molar-refractivity contribution < 1.29 is 9.59 Å². The number of hydrogen-bond donors (Lipinski definition) is 2. The van der Waals surface area contributed by atoms with E-state index >= 15 is 0 Å². The maximum absolute atomic E-state index is 10.3. The fourth-order valence-corrected chi connectivity index (χ4v) is 0.340. The molecule has 1 unspecified atom stereocenters. The summed E-state index contributed by atoms with van der Waals surface area (Å²) in [6, 6.07) is -0.748. The lowest BCUT2D eigenvalue weighted by atomic mass is 10.3. The van der Waals surface area contributed by atoms with E-state index in [2.05, 4.69) is 11.9 Å². The van der Waals surface area contributed by atoms with Gasteiger partial charge in [0.15, 0.2) is 0 Å². The minimum Gasteiger partial charge on any atom is -0.368 e. The zero-order valence-corrected chi connectivity index (χ0v) is 4.83. The molecule has 0 aromatic rings. The van der Waals surface area contributed by atoms with Gasteiger partial charge in [0.1, 0.15) is 6.04 Å². The number of hydrogen-bond acceptors (Lipinski definition) is 2. The number of primary amides is 1. The van der Waals surface area contributed by atoms with Crippen LogP contribution in [0.1, 0.15) is 0 Å². The third-order valence-corrected chi connectivity index (χ3v) is 0.790. The maximum Gasteiger partial charge on any atom is 0.244 e. The summed E-state index contributed by atoms with van der Waals surface area (Å²) in [6.07, 6.45) is 1.66. The third-order valence-electron chi connectivity index (χ3n) is 0.790. The smallest absolute Gasteiger partial charge is 0.244 e. The number of nitrogens with one attached hydrogen (secondary N) is 1. The summed E-state index contributed by atoms with van der Waals surface area (Å²) in [5, 5.41) is 2.16. The van der Waals surface area contributed by atoms with E-state index in [1.807, 2.05) is 0 Å². The number of carbonyl (C=O) groups excluding carboxylic acids is 2. The molecular weight excluding hydrogens is 120 g/mol. The average Bonchev–Trinajstić information content (AvgIpc) is 1.82. The van der Waals surface area contributed by atoms with Gasteiger partial charge in [0, 0.05) is 0 Å². The average molecular weight is 128 g/mol. The first-order valence-corrected chi connectivity index (χ1v) is 2.34. The van der Waals surface area contributed by atoms with Gasteiger partial charge in [-0.25, -0.2) is 0 Å². The van der Waals surface area contributed by atoms with Gasteiger partial charge in [0.05, 0.1) is 0 Å². The van der Waals surface area contributed by atoms with Crippen molar-refractivity contribution in [2.45, 2.75) is 6.04 Å². The van der Waals surface area contributed by atoms with Crippen molar-refractivity contribution in [2.75, 3.05) is 0 Å². The Balaban J connectivity index is 3.81. The van der Waals surface area contributed by atoms with Gasteiger partial charge in [-0.15, -0.1) is 6.58 Å². The largest absolute Gasteiger partial charge is 0.368 e. The van der Waals surface area contributed by atoms with Crippen molar-refractivity contribution in [3.8, 4) is 0 Å². The van der Waals surface area contributed by atoms with Gasteiger partial charge < -0.3 is 11.1 Å². The molecule has 9 heavy (non-hydrogen) atoms. The summed E-state index contributed by atoms with van der Waals surface area (Å²) < 4.78 is 0. The second kappa shape index (κ2) is 3.65. The minimum atomic E-state index is -0.748. The van der Waals surface area contributed by atoms with Crippen molar-refractivity contribution >= 4 is 12.3 Å². The van der Waals surface area contributed by atoms with Crippen LogP contribution in [0.15, 0.2) is 12.7 Å². The molecule has 0 aromatic carbocycles. The highest BCUT2D eigenvalue weighted by atomic mass is 16.2. The van der Waals surface area contributed by atoms with Crippen molar-refractivity contribution in [1.82, 2.24) is 5.32 Å². The molecule has 0 bridgehead atoms. The van der Waals surface area contributed by atoms with Gasteiger partial charge in [0.2, 0.25) is 12.3 Å². The van der Waals surface area contributed by atoms with E-state index in [4.69, 9.17) is 5.73 Å². The summed E-state index contributed by atoms with van der Waals surface area (Å²) in [6.45, 7) is 3.28. The van der Waals surface area contributed by atoms with Crippen LogP contribution in [0, 0.1) is 0 Å². The van der Waals surface area contributed by atoms with Crippen LogP contribution >= 0.6 is 0 Å². The summed E-state index contributed by atoms with van der Waals surface area (Å²) in [4.78, 5) is 20.0. The lowest BCUT2D eigenvalue weighted by Gasteiger charge is -2.03. The van der Waals surface area contributed by atoms with E-state index in [1.165, 1.54) is 6.08 Å². The van der Waals surface area contributed by atoms with Gasteiger partial charge in [-0.1, -0.05) is 6.08 Å². The maximum atomic E-state index is 10.3. The Hall–Kier alpha value is -1.32. The highest BCUT2D eigenvalue weighted by Gasteiger charge is 2.06. The van der Waals surface area contributed by atoms with E-state index in [-0.39, 0.29) is 0 Å². The number of nitrogens with two attached hydrogens (primary N) is 1. The number of rotatable bonds is 4. The highest BCUT2D eigenvalue weighted by molar-refractivity contribution is 5.83. The van der Waals surface area contributed by atoms with Gasteiger partial charge in [0.25, 0.3) is 0 Å². The van der Waals surface area contributed by atoms with Crippen LogP contribution in [0.5, 0.6) is 0 Å². The Labute approximate surface area is 52.7 Å². The van der Waals surface area contributed by atoms with E-state index in [9.17, 15) is 9.59 Å². The second-order valence-corrected chi connectivity index (χ2v) is 1.40. The second-order valence-electron chi connectivity index (χ2n) is 1.40. The van der Waals surface area contributed by atoms with Crippen molar-refractivity contribution in [3.63, 3.8) is 0 Å². The van der Waals surface area contributed by atoms with E-state index in [1.54, 1.807) is 0 Å². The van der Waals surface area contributed by atoms with E-state index in [0.717, 1.165) is 0 Å². The Morgan fingerprint density at radius 2 is 2.33 bits per heavy atom. The summed E-state index contributed by atoms with van der Waals surface area (Å²) >= 11 is 0. The first-order chi connectivity index (χ1) is 4.22. The molecule has 1 atom stereocenters. The Kier molecular flexibility index (Phi) is 3.12. The molecule has 0 rings (SSSR count). The lowest BCUT2D eigenvalue weighted by molar-refractivity contribution is -0.121. The molecule has 0 heterocycles. The molecule has 0 radical (unpaired) electrons. The van der Waals surface area contributed by atoms with Crippen molar-refractivity contribution in [1.29, 1.82) is 0 Å². The Morgan fingerprint density at radius 1 is 1.78 bits per heavy atom. The number of amides is 2. The first-order valence-electron chi connectivity index (χ1n) is 2.34. The van der Waals surface area contributed by atoms with Crippen LogP contribution < -0.4 is 11.1 Å². The summed E-state index contributed by atoms with van der Waals surface area (Å²) in [5.74, 6) is -0.614. The molecule has 2 amide bonds. The molecule has 0 spiro atoms. The van der Waals surface area contributed by atoms with Crippen molar-refractivity contribution in [3.05, 3.63) is 12.7 Å². The van der Waals surface area contributed by atoms with Gasteiger partial charge in [-0.2, -0.15) is 0 Å². The topological polar surface area (TPSA) is 72.2 Å². The molecule has 0 aliphatic heterocycles. The lowest BCUT2D eigenvalue weighted by Crippen LogP contribution is -2.38. The normalized spacial score (nSPS) is 11.6.